The van der Waals surface area contributed by atoms with Gasteiger partial charge in [0.1, 0.15) is 11.9 Å². The van der Waals surface area contributed by atoms with E-state index in [0.29, 0.717) is 5.56 Å². The maximum atomic E-state index is 12.8. The molecule has 1 aromatic rings. The van der Waals surface area contributed by atoms with Crippen LogP contribution in [0, 0.1) is 5.82 Å². The third-order valence-electron chi connectivity index (χ3n) is 3.04. The van der Waals surface area contributed by atoms with E-state index in [1.165, 1.54) is 36.1 Å². The van der Waals surface area contributed by atoms with Crippen LogP contribution in [0.25, 0.3) is 0 Å². The Morgan fingerprint density at radius 2 is 1.89 bits per heavy atom. The molecular formula is C13H14FNO3. The maximum absolute atomic E-state index is 12.8. The summed E-state index contributed by atoms with van der Waals surface area (Å²) >= 11 is 0. The van der Waals surface area contributed by atoms with E-state index in [9.17, 15) is 14.0 Å². The number of nitrogens with zero attached hydrogens (tertiary/aromatic N) is 1. The summed E-state index contributed by atoms with van der Waals surface area (Å²) in [5.74, 6) is -1.81. The van der Waals surface area contributed by atoms with Gasteiger partial charge in [-0.05, 0) is 44.0 Å². The Kier molecular flexibility index (Phi) is 3.32. The quantitative estimate of drug-likeness (QED) is 0.889. The first-order chi connectivity index (χ1) is 8.50. The zero-order chi connectivity index (χ0) is 13.3. The van der Waals surface area contributed by atoms with E-state index >= 15 is 0 Å². The summed E-state index contributed by atoms with van der Waals surface area (Å²) in [6.07, 6.45) is 1.65. The van der Waals surface area contributed by atoms with Crippen LogP contribution in [0.1, 0.15) is 30.1 Å². The first-order valence-corrected chi connectivity index (χ1v) is 5.81. The van der Waals surface area contributed by atoms with Crippen LogP contribution in [0.4, 0.5) is 4.39 Å². The van der Waals surface area contributed by atoms with Crippen LogP contribution in [0.5, 0.6) is 0 Å². The summed E-state index contributed by atoms with van der Waals surface area (Å²) in [7, 11) is 0. The van der Waals surface area contributed by atoms with Crippen molar-refractivity contribution in [2.24, 2.45) is 0 Å². The van der Waals surface area contributed by atoms with E-state index in [0.717, 1.165) is 12.8 Å². The number of carboxylic acids is 1. The highest BCUT2D eigenvalue weighted by Gasteiger charge is 2.38. The minimum absolute atomic E-state index is 0.00588. The molecule has 0 heterocycles. The van der Waals surface area contributed by atoms with Gasteiger partial charge in [-0.3, -0.25) is 4.79 Å². The first kappa shape index (κ1) is 12.5. The standard InChI is InChI=1S/C13H14FNO3/c1-8(13(17)18)15(11-6-7-11)12(16)9-2-4-10(14)5-3-9/h2-5,8,11H,6-7H2,1H3,(H,17,18). The van der Waals surface area contributed by atoms with Crippen molar-refractivity contribution in [3.63, 3.8) is 0 Å². The minimum Gasteiger partial charge on any atom is -0.480 e. The summed E-state index contributed by atoms with van der Waals surface area (Å²) in [5.41, 5.74) is 0.316. The smallest absolute Gasteiger partial charge is 0.326 e. The van der Waals surface area contributed by atoms with E-state index in [-0.39, 0.29) is 11.9 Å². The molecule has 0 bridgehead atoms. The number of aliphatic carboxylic acids is 1. The van der Waals surface area contributed by atoms with Crippen molar-refractivity contribution in [3.05, 3.63) is 35.6 Å². The molecule has 18 heavy (non-hydrogen) atoms. The number of rotatable bonds is 4. The fourth-order valence-corrected chi connectivity index (χ4v) is 1.87. The Balaban J connectivity index is 2.23. The Hall–Kier alpha value is -1.91. The molecule has 1 amide bonds. The molecule has 0 radical (unpaired) electrons. The van der Waals surface area contributed by atoms with Crippen molar-refractivity contribution >= 4 is 11.9 Å². The topological polar surface area (TPSA) is 57.6 Å². The van der Waals surface area contributed by atoms with E-state index < -0.39 is 17.8 Å². The zero-order valence-electron chi connectivity index (χ0n) is 9.97. The van der Waals surface area contributed by atoms with Crippen molar-refractivity contribution in [3.8, 4) is 0 Å². The van der Waals surface area contributed by atoms with Gasteiger partial charge in [0.15, 0.2) is 0 Å². The Morgan fingerprint density at radius 1 is 1.33 bits per heavy atom. The molecule has 5 heteroatoms. The van der Waals surface area contributed by atoms with Crippen LogP contribution in [-0.4, -0.2) is 34.0 Å². The number of halogens is 1. The molecule has 96 valence electrons. The van der Waals surface area contributed by atoms with E-state index in [1.54, 1.807) is 0 Å². The molecule has 4 nitrogen and oxygen atoms in total. The fraction of sp³-hybridized carbons (Fsp3) is 0.385. The summed E-state index contributed by atoms with van der Waals surface area (Å²) in [5, 5.41) is 9.02. The summed E-state index contributed by atoms with van der Waals surface area (Å²) < 4.78 is 12.8. The summed E-state index contributed by atoms with van der Waals surface area (Å²) in [4.78, 5) is 24.6. The second-order valence-electron chi connectivity index (χ2n) is 4.46. The van der Waals surface area contributed by atoms with Crippen molar-refractivity contribution in [1.29, 1.82) is 0 Å². The van der Waals surface area contributed by atoms with Gasteiger partial charge in [0.05, 0.1) is 0 Å². The lowest BCUT2D eigenvalue weighted by molar-refractivity contribution is -0.141. The molecule has 2 rings (SSSR count). The second kappa shape index (κ2) is 4.76. The lowest BCUT2D eigenvalue weighted by atomic mass is 10.1. The predicted octanol–water partition coefficient (Wildman–Crippen LogP) is 1.90. The lowest BCUT2D eigenvalue weighted by Crippen LogP contribution is -2.44. The number of hydrogen-bond acceptors (Lipinski definition) is 2. The van der Waals surface area contributed by atoms with Crippen LogP contribution in [0.2, 0.25) is 0 Å². The monoisotopic (exact) mass is 251 g/mol. The van der Waals surface area contributed by atoms with E-state index in [2.05, 4.69) is 0 Å². The highest BCUT2D eigenvalue weighted by molar-refractivity contribution is 5.97. The SMILES string of the molecule is CC(C(=O)O)N(C(=O)c1ccc(F)cc1)C1CC1. The van der Waals surface area contributed by atoms with E-state index in [1.807, 2.05) is 0 Å². The van der Waals surface area contributed by atoms with Gasteiger partial charge < -0.3 is 10.0 Å². The molecule has 0 aromatic heterocycles. The largest absolute Gasteiger partial charge is 0.480 e. The lowest BCUT2D eigenvalue weighted by Gasteiger charge is -2.26. The van der Waals surface area contributed by atoms with Crippen LogP contribution in [0.3, 0.4) is 0 Å². The van der Waals surface area contributed by atoms with Crippen LogP contribution >= 0.6 is 0 Å². The zero-order valence-corrected chi connectivity index (χ0v) is 9.97. The van der Waals surface area contributed by atoms with Crippen LogP contribution in [-0.2, 0) is 4.79 Å². The average Bonchev–Trinajstić information content (AvgIpc) is 3.14. The molecule has 1 aliphatic carbocycles. The molecule has 0 saturated heterocycles. The third kappa shape index (κ3) is 2.50. The van der Waals surface area contributed by atoms with Crippen molar-refractivity contribution in [1.82, 2.24) is 4.90 Å². The number of carbonyl (C=O) groups is 2. The predicted molar refractivity (Wildman–Crippen MR) is 62.7 cm³/mol. The molecule has 1 aromatic carbocycles. The number of benzene rings is 1. The van der Waals surface area contributed by atoms with E-state index in [4.69, 9.17) is 5.11 Å². The Morgan fingerprint density at radius 3 is 2.33 bits per heavy atom. The second-order valence-corrected chi connectivity index (χ2v) is 4.46. The molecule has 1 fully saturated rings. The van der Waals surface area contributed by atoms with Gasteiger partial charge >= 0.3 is 5.97 Å². The van der Waals surface area contributed by atoms with Gasteiger partial charge in [-0.25, -0.2) is 9.18 Å². The van der Waals surface area contributed by atoms with Gasteiger partial charge in [0.25, 0.3) is 5.91 Å². The molecule has 0 aliphatic heterocycles. The van der Waals surface area contributed by atoms with Crippen LogP contribution < -0.4 is 0 Å². The third-order valence-corrected chi connectivity index (χ3v) is 3.04. The highest BCUT2D eigenvalue weighted by atomic mass is 19.1. The average molecular weight is 251 g/mol. The fourth-order valence-electron chi connectivity index (χ4n) is 1.87. The van der Waals surface area contributed by atoms with Gasteiger partial charge in [-0.2, -0.15) is 0 Å². The molecule has 1 N–H and O–H groups in total. The van der Waals surface area contributed by atoms with Crippen molar-refractivity contribution < 1.29 is 19.1 Å². The van der Waals surface area contributed by atoms with Gasteiger partial charge in [0.2, 0.25) is 0 Å². The molecule has 1 saturated carbocycles. The van der Waals surface area contributed by atoms with Crippen LogP contribution in [0.15, 0.2) is 24.3 Å². The Labute approximate surface area is 104 Å². The highest BCUT2D eigenvalue weighted by Crippen LogP contribution is 2.30. The maximum Gasteiger partial charge on any atom is 0.326 e. The van der Waals surface area contributed by atoms with Gasteiger partial charge in [-0.1, -0.05) is 0 Å². The molecule has 1 aliphatic rings. The number of carboxylic acid groups (broad SMARTS) is 1. The number of hydrogen-bond donors (Lipinski definition) is 1. The summed E-state index contributed by atoms with van der Waals surface area (Å²) in [6, 6.07) is 4.28. The molecule has 0 spiro atoms. The normalized spacial score (nSPS) is 16.1. The summed E-state index contributed by atoms with van der Waals surface area (Å²) in [6.45, 7) is 1.49. The minimum atomic E-state index is -1.03. The number of carbonyl (C=O) groups excluding carboxylic acids is 1. The van der Waals surface area contributed by atoms with Gasteiger partial charge in [-0.15, -0.1) is 0 Å². The van der Waals surface area contributed by atoms with Crippen molar-refractivity contribution in [2.45, 2.75) is 31.8 Å². The Bertz CT molecular complexity index is 468. The first-order valence-electron chi connectivity index (χ1n) is 5.81. The van der Waals surface area contributed by atoms with Crippen molar-refractivity contribution in [2.75, 3.05) is 0 Å². The number of amides is 1. The van der Waals surface area contributed by atoms with Gasteiger partial charge in [0, 0.05) is 11.6 Å². The molecule has 1 atom stereocenters. The molecule has 1 unspecified atom stereocenters. The molecular weight excluding hydrogens is 237 g/mol.